The van der Waals surface area contributed by atoms with Crippen LogP contribution in [-0.4, -0.2) is 13.4 Å². The standard InChI is InChI=1S/C20H19FN2O3S/c1-14-7-8-17(11-15(14)2)26-20-12-16(9-10-22-20)13-23-27(24,25)19-6-4-3-5-18(19)21/h3-12,23H,13H2,1-2H3. The lowest BCUT2D eigenvalue weighted by atomic mass is 10.1. The summed E-state index contributed by atoms with van der Waals surface area (Å²) in [6.45, 7) is 3.99. The van der Waals surface area contributed by atoms with Crippen molar-refractivity contribution >= 4 is 10.0 Å². The van der Waals surface area contributed by atoms with Crippen molar-refractivity contribution in [2.45, 2.75) is 25.3 Å². The summed E-state index contributed by atoms with van der Waals surface area (Å²) < 4.78 is 46.4. The van der Waals surface area contributed by atoms with E-state index in [1.165, 1.54) is 24.4 Å². The Morgan fingerprint density at radius 1 is 1.04 bits per heavy atom. The first-order chi connectivity index (χ1) is 12.8. The van der Waals surface area contributed by atoms with Gasteiger partial charge in [0.15, 0.2) is 0 Å². The van der Waals surface area contributed by atoms with Crippen LogP contribution in [0.1, 0.15) is 16.7 Å². The van der Waals surface area contributed by atoms with Gasteiger partial charge in [-0.2, -0.15) is 0 Å². The highest BCUT2D eigenvalue weighted by Crippen LogP contribution is 2.23. The Morgan fingerprint density at radius 2 is 1.81 bits per heavy atom. The fraction of sp³-hybridized carbons (Fsp3) is 0.150. The molecule has 5 nitrogen and oxygen atoms in total. The molecule has 1 heterocycles. The molecule has 3 rings (SSSR count). The van der Waals surface area contributed by atoms with Crippen LogP contribution in [-0.2, 0) is 16.6 Å². The van der Waals surface area contributed by atoms with Crippen LogP contribution < -0.4 is 9.46 Å². The highest BCUT2D eigenvalue weighted by Gasteiger charge is 2.18. The second-order valence-corrected chi connectivity index (χ2v) is 7.84. The number of rotatable bonds is 6. The maximum absolute atomic E-state index is 13.7. The van der Waals surface area contributed by atoms with E-state index in [0.717, 1.165) is 17.2 Å². The molecular weight excluding hydrogens is 367 g/mol. The molecular formula is C20H19FN2O3S. The van der Waals surface area contributed by atoms with Crippen molar-refractivity contribution in [3.8, 4) is 11.6 Å². The van der Waals surface area contributed by atoms with Crippen molar-refractivity contribution in [1.29, 1.82) is 0 Å². The third-order valence-corrected chi connectivity index (χ3v) is 5.53. The van der Waals surface area contributed by atoms with Gasteiger partial charge in [-0.1, -0.05) is 18.2 Å². The number of pyridine rings is 1. The van der Waals surface area contributed by atoms with Crippen LogP contribution in [0.3, 0.4) is 0 Å². The Morgan fingerprint density at radius 3 is 2.56 bits per heavy atom. The quantitative estimate of drug-likeness (QED) is 0.692. The highest BCUT2D eigenvalue weighted by atomic mass is 32.2. The SMILES string of the molecule is Cc1ccc(Oc2cc(CNS(=O)(=O)c3ccccc3F)ccn2)cc1C. The first-order valence-corrected chi connectivity index (χ1v) is 9.78. The minimum absolute atomic E-state index is 0.0114. The van der Waals surface area contributed by atoms with Gasteiger partial charge in [-0.05, 0) is 60.9 Å². The zero-order valence-electron chi connectivity index (χ0n) is 14.9. The molecule has 1 aromatic heterocycles. The number of sulfonamides is 1. The number of halogens is 1. The van der Waals surface area contributed by atoms with E-state index in [2.05, 4.69) is 9.71 Å². The second kappa shape index (κ2) is 7.85. The predicted molar refractivity (Wildman–Crippen MR) is 101 cm³/mol. The van der Waals surface area contributed by atoms with Crippen LogP contribution in [0.2, 0.25) is 0 Å². The third kappa shape index (κ3) is 4.69. The van der Waals surface area contributed by atoms with E-state index < -0.39 is 15.8 Å². The summed E-state index contributed by atoms with van der Waals surface area (Å²) in [6.07, 6.45) is 1.53. The molecule has 0 atom stereocenters. The van der Waals surface area contributed by atoms with E-state index in [0.29, 0.717) is 17.2 Å². The molecule has 0 amide bonds. The molecule has 0 aliphatic heterocycles. The largest absolute Gasteiger partial charge is 0.439 e. The van der Waals surface area contributed by atoms with Crippen LogP contribution >= 0.6 is 0 Å². The zero-order chi connectivity index (χ0) is 19.4. The van der Waals surface area contributed by atoms with Gasteiger partial charge >= 0.3 is 0 Å². The average Bonchev–Trinajstić information content (AvgIpc) is 2.64. The molecule has 2 aromatic carbocycles. The molecule has 0 radical (unpaired) electrons. The normalized spacial score (nSPS) is 11.4. The van der Waals surface area contributed by atoms with Crippen molar-refractivity contribution < 1.29 is 17.5 Å². The zero-order valence-corrected chi connectivity index (χ0v) is 15.8. The smallest absolute Gasteiger partial charge is 0.243 e. The van der Waals surface area contributed by atoms with E-state index in [-0.39, 0.29) is 11.4 Å². The molecule has 0 saturated carbocycles. The molecule has 0 fully saturated rings. The predicted octanol–water partition coefficient (Wildman–Crippen LogP) is 4.11. The molecule has 3 aromatic rings. The molecule has 0 unspecified atom stereocenters. The lowest BCUT2D eigenvalue weighted by Crippen LogP contribution is -2.24. The van der Waals surface area contributed by atoms with E-state index in [1.807, 2.05) is 32.0 Å². The summed E-state index contributed by atoms with van der Waals surface area (Å²) in [5, 5.41) is 0. The summed E-state index contributed by atoms with van der Waals surface area (Å²) in [7, 11) is -3.96. The first kappa shape index (κ1) is 19.0. The Balaban J connectivity index is 1.72. The van der Waals surface area contributed by atoms with Gasteiger partial charge in [0, 0.05) is 18.8 Å². The minimum Gasteiger partial charge on any atom is -0.439 e. The summed E-state index contributed by atoms with van der Waals surface area (Å²) in [4.78, 5) is 3.76. The summed E-state index contributed by atoms with van der Waals surface area (Å²) in [5.41, 5.74) is 2.90. The number of hydrogen-bond donors (Lipinski definition) is 1. The summed E-state index contributed by atoms with van der Waals surface area (Å²) in [6, 6.07) is 14.2. The van der Waals surface area contributed by atoms with Gasteiger partial charge in [-0.3, -0.25) is 0 Å². The molecule has 140 valence electrons. The van der Waals surface area contributed by atoms with Gasteiger partial charge in [-0.25, -0.2) is 22.5 Å². The fourth-order valence-corrected chi connectivity index (χ4v) is 3.53. The lowest BCUT2D eigenvalue weighted by molar-refractivity contribution is 0.461. The van der Waals surface area contributed by atoms with E-state index in [9.17, 15) is 12.8 Å². The fourth-order valence-electron chi connectivity index (χ4n) is 2.43. The Kier molecular flexibility index (Phi) is 5.53. The van der Waals surface area contributed by atoms with Crippen molar-refractivity contribution in [3.05, 3.63) is 83.3 Å². The van der Waals surface area contributed by atoms with Gasteiger partial charge in [0.1, 0.15) is 16.5 Å². The van der Waals surface area contributed by atoms with Crippen molar-refractivity contribution in [2.24, 2.45) is 0 Å². The monoisotopic (exact) mass is 386 g/mol. The molecule has 1 N–H and O–H groups in total. The summed E-state index contributed by atoms with van der Waals surface area (Å²) >= 11 is 0. The second-order valence-electron chi connectivity index (χ2n) is 6.11. The van der Waals surface area contributed by atoms with Gasteiger partial charge < -0.3 is 4.74 Å². The van der Waals surface area contributed by atoms with Gasteiger partial charge in [0.05, 0.1) is 0 Å². The number of nitrogens with one attached hydrogen (secondary N) is 1. The van der Waals surface area contributed by atoms with Gasteiger partial charge in [0.2, 0.25) is 15.9 Å². The van der Waals surface area contributed by atoms with Crippen LogP contribution in [0.4, 0.5) is 4.39 Å². The molecule has 0 spiro atoms. The van der Waals surface area contributed by atoms with Crippen molar-refractivity contribution in [2.75, 3.05) is 0 Å². The molecule has 27 heavy (non-hydrogen) atoms. The Hall–Kier alpha value is -2.77. The maximum Gasteiger partial charge on any atom is 0.243 e. The van der Waals surface area contributed by atoms with E-state index in [4.69, 9.17) is 4.74 Å². The van der Waals surface area contributed by atoms with Crippen molar-refractivity contribution in [3.63, 3.8) is 0 Å². The number of hydrogen-bond acceptors (Lipinski definition) is 4. The third-order valence-electron chi connectivity index (χ3n) is 4.09. The van der Waals surface area contributed by atoms with Crippen LogP contribution in [0, 0.1) is 19.7 Å². The average molecular weight is 386 g/mol. The Labute approximate surface area is 157 Å². The van der Waals surface area contributed by atoms with Crippen LogP contribution in [0.5, 0.6) is 11.6 Å². The number of ether oxygens (including phenoxy) is 1. The van der Waals surface area contributed by atoms with E-state index in [1.54, 1.807) is 12.1 Å². The molecule has 0 aliphatic rings. The number of nitrogens with zero attached hydrogens (tertiary/aromatic N) is 1. The van der Waals surface area contributed by atoms with E-state index >= 15 is 0 Å². The maximum atomic E-state index is 13.7. The minimum atomic E-state index is -3.96. The number of benzene rings is 2. The van der Waals surface area contributed by atoms with Crippen molar-refractivity contribution in [1.82, 2.24) is 9.71 Å². The number of aryl methyl sites for hydroxylation is 2. The van der Waals surface area contributed by atoms with Gasteiger partial charge in [-0.15, -0.1) is 0 Å². The van der Waals surface area contributed by atoms with Crippen LogP contribution in [0.15, 0.2) is 65.7 Å². The Bertz CT molecular complexity index is 1070. The topological polar surface area (TPSA) is 68.3 Å². The molecule has 0 saturated heterocycles. The first-order valence-electron chi connectivity index (χ1n) is 8.29. The highest BCUT2D eigenvalue weighted by molar-refractivity contribution is 7.89. The van der Waals surface area contributed by atoms with Gasteiger partial charge in [0.25, 0.3) is 0 Å². The molecule has 0 bridgehead atoms. The molecule has 7 heteroatoms. The molecule has 0 aliphatic carbocycles. The lowest BCUT2D eigenvalue weighted by Gasteiger charge is -2.10. The summed E-state index contributed by atoms with van der Waals surface area (Å²) in [5.74, 6) is 0.203. The van der Waals surface area contributed by atoms with Crippen LogP contribution in [0.25, 0.3) is 0 Å². The number of aromatic nitrogens is 1.